The summed E-state index contributed by atoms with van der Waals surface area (Å²) in [6.45, 7) is 0. The van der Waals surface area contributed by atoms with E-state index in [4.69, 9.17) is 14.0 Å². The Labute approximate surface area is 165 Å². The molecule has 0 N–H and O–H groups in total. The third-order valence-corrected chi connectivity index (χ3v) is 4.91. The quantitative estimate of drug-likeness (QED) is 0.438. The van der Waals surface area contributed by atoms with Crippen molar-refractivity contribution in [2.75, 3.05) is 14.2 Å². The number of hydrogen-bond acceptors (Lipinski definition) is 8. The third-order valence-electron chi connectivity index (χ3n) is 3.98. The van der Waals surface area contributed by atoms with Crippen LogP contribution in [-0.4, -0.2) is 39.1 Å². The summed E-state index contributed by atoms with van der Waals surface area (Å²) >= 11 is 1.45. The highest BCUT2D eigenvalue weighted by atomic mass is 32.2. The van der Waals surface area contributed by atoms with E-state index in [1.165, 1.54) is 11.8 Å². The van der Waals surface area contributed by atoms with E-state index in [-0.39, 0.29) is 0 Å². The summed E-state index contributed by atoms with van der Waals surface area (Å²) in [7, 11) is 3.25. The SMILES string of the molecule is COc1cccc(-c2noc(CSc3nncn3-c3ccccc3OC)n2)c1. The Balaban J connectivity index is 1.51. The minimum atomic E-state index is 0.463. The van der Waals surface area contributed by atoms with Gasteiger partial charge in [0.1, 0.15) is 17.8 Å². The molecule has 0 unspecified atom stereocenters. The lowest BCUT2D eigenvalue weighted by Gasteiger charge is -2.10. The van der Waals surface area contributed by atoms with Crippen LogP contribution in [-0.2, 0) is 5.75 Å². The highest BCUT2D eigenvalue weighted by Gasteiger charge is 2.14. The summed E-state index contributed by atoms with van der Waals surface area (Å²) in [5.74, 6) is 2.95. The molecule has 8 nitrogen and oxygen atoms in total. The molecule has 142 valence electrons. The van der Waals surface area contributed by atoms with E-state index in [9.17, 15) is 0 Å². The van der Waals surface area contributed by atoms with Crippen LogP contribution >= 0.6 is 11.8 Å². The van der Waals surface area contributed by atoms with Crippen molar-refractivity contribution in [3.8, 4) is 28.6 Å². The standard InChI is InChI=1S/C19H17N5O3S/c1-25-14-7-5-6-13(10-14)18-21-17(27-23-18)11-28-19-22-20-12-24(19)15-8-3-4-9-16(15)26-2/h3-10,12H,11H2,1-2H3. The van der Waals surface area contributed by atoms with Crippen molar-refractivity contribution in [1.82, 2.24) is 24.9 Å². The molecular formula is C19H17N5O3S. The second-order valence-corrected chi connectivity index (χ2v) is 6.63. The van der Waals surface area contributed by atoms with Gasteiger partial charge in [0.2, 0.25) is 11.7 Å². The first-order valence-corrected chi connectivity index (χ1v) is 9.40. The summed E-state index contributed by atoms with van der Waals surface area (Å²) in [5, 5.41) is 13.0. The molecule has 0 aliphatic heterocycles. The zero-order valence-electron chi connectivity index (χ0n) is 15.3. The Kier molecular flexibility index (Phi) is 5.24. The van der Waals surface area contributed by atoms with E-state index < -0.39 is 0 Å². The first kappa shape index (κ1) is 18.1. The molecule has 0 atom stereocenters. The molecule has 0 fully saturated rings. The number of thioether (sulfide) groups is 1. The van der Waals surface area contributed by atoms with Crippen LogP contribution in [0, 0.1) is 0 Å². The number of nitrogens with zero attached hydrogens (tertiary/aromatic N) is 5. The maximum absolute atomic E-state index is 5.42. The Bertz CT molecular complexity index is 1080. The molecule has 9 heteroatoms. The molecule has 4 rings (SSSR count). The molecule has 0 aliphatic carbocycles. The number of hydrogen-bond donors (Lipinski definition) is 0. The molecule has 0 saturated carbocycles. The van der Waals surface area contributed by atoms with Crippen LogP contribution in [0.3, 0.4) is 0 Å². The molecule has 4 aromatic rings. The number of para-hydroxylation sites is 2. The van der Waals surface area contributed by atoms with Gasteiger partial charge in [0, 0.05) is 5.56 Å². The number of rotatable bonds is 7. The van der Waals surface area contributed by atoms with Gasteiger partial charge in [-0.3, -0.25) is 4.57 Å². The smallest absolute Gasteiger partial charge is 0.237 e. The number of benzene rings is 2. The first-order chi connectivity index (χ1) is 13.8. The van der Waals surface area contributed by atoms with Crippen molar-refractivity contribution in [3.05, 3.63) is 60.7 Å². The predicted octanol–water partition coefficient (Wildman–Crippen LogP) is 3.63. The van der Waals surface area contributed by atoms with Crippen molar-refractivity contribution in [2.45, 2.75) is 10.9 Å². The average molecular weight is 395 g/mol. The topological polar surface area (TPSA) is 88.1 Å². The van der Waals surface area contributed by atoms with E-state index in [1.807, 2.05) is 53.1 Å². The van der Waals surface area contributed by atoms with Crippen LogP contribution in [0.25, 0.3) is 17.1 Å². The minimum absolute atomic E-state index is 0.463. The highest BCUT2D eigenvalue weighted by molar-refractivity contribution is 7.98. The van der Waals surface area contributed by atoms with Crippen LogP contribution in [0.4, 0.5) is 0 Å². The lowest BCUT2D eigenvalue weighted by atomic mass is 10.2. The van der Waals surface area contributed by atoms with Crippen molar-refractivity contribution in [1.29, 1.82) is 0 Å². The molecular weight excluding hydrogens is 378 g/mol. The molecule has 2 aromatic carbocycles. The van der Waals surface area contributed by atoms with Gasteiger partial charge in [-0.05, 0) is 24.3 Å². The lowest BCUT2D eigenvalue weighted by Crippen LogP contribution is -1.98. The lowest BCUT2D eigenvalue weighted by molar-refractivity contribution is 0.391. The van der Waals surface area contributed by atoms with Gasteiger partial charge in [0.15, 0.2) is 5.16 Å². The Morgan fingerprint density at radius 1 is 1.07 bits per heavy atom. The number of ether oxygens (including phenoxy) is 2. The molecule has 0 bridgehead atoms. The fourth-order valence-electron chi connectivity index (χ4n) is 2.64. The van der Waals surface area contributed by atoms with E-state index in [0.717, 1.165) is 22.7 Å². The fourth-order valence-corrected chi connectivity index (χ4v) is 3.40. The second-order valence-electron chi connectivity index (χ2n) is 5.69. The number of methoxy groups -OCH3 is 2. The second kappa shape index (κ2) is 8.13. The molecule has 0 amide bonds. The normalized spacial score (nSPS) is 10.8. The predicted molar refractivity (Wildman–Crippen MR) is 104 cm³/mol. The molecule has 2 aromatic heterocycles. The zero-order chi connectivity index (χ0) is 19.3. The van der Waals surface area contributed by atoms with Gasteiger partial charge >= 0.3 is 0 Å². The highest BCUT2D eigenvalue weighted by Crippen LogP contribution is 2.28. The molecule has 0 radical (unpaired) electrons. The molecule has 0 saturated heterocycles. The van der Waals surface area contributed by atoms with Crippen molar-refractivity contribution < 1.29 is 14.0 Å². The van der Waals surface area contributed by atoms with Gasteiger partial charge in [-0.2, -0.15) is 4.98 Å². The van der Waals surface area contributed by atoms with Crippen LogP contribution in [0.2, 0.25) is 0 Å². The maximum Gasteiger partial charge on any atom is 0.237 e. The molecule has 2 heterocycles. The summed E-state index contributed by atoms with van der Waals surface area (Å²) < 4.78 is 17.9. The van der Waals surface area contributed by atoms with Crippen molar-refractivity contribution in [3.63, 3.8) is 0 Å². The summed E-state index contributed by atoms with van der Waals surface area (Å²) in [5.41, 5.74) is 1.69. The summed E-state index contributed by atoms with van der Waals surface area (Å²) in [4.78, 5) is 4.46. The van der Waals surface area contributed by atoms with Gasteiger partial charge in [0.25, 0.3) is 0 Å². The van der Waals surface area contributed by atoms with Gasteiger partial charge in [-0.25, -0.2) is 0 Å². The Morgan fingerprint density at radius 2 is 1.96 bits per heavy atom. The van der Waals surface area contributed by atoms with Crippen molar-refractivity contribution >= 4 is 11.8 Å². The Morgan fingerprint density at radius 3 is 2.82 bits per heavy atom. The van der Waals surface area contributed by atoms with Gasteiger partial charge in [-0.15, -0.1) is 10.2 Å². The van der Waals surface area contributed by atoms with Crippen LogP contribution < -0.4 is 9.47 Å². The van der Waals surface area contributed by atoms with Gasteiger partial charge in [-0.1, -0.05) is 41.2 Å². The maximum atomic E-state index is 5.42. The van der Waals surface area contributed by atoms with E-state index in [1.54, 1.807) is 20.5 Å². The van der Waals surface area contributed by atoms with Crippen LogP contribution in [0.15, 0.2) is 64.5 Å². The average Bonchev–Trinajstić information content (AvgIpc) is 3.41. The number of aromatic nitrogens is 5. The molecule has 0 spiro atoms. The van der Waals surface area contributed by atoms with E-state index in [2.05, 4.69) is 20.3 Å². The molecule has 28 heavy (non-hydrogen) atoms. The van der Waals surface area contributed by atoms with Gasteiger partial charge < -0.3 is 14.0 Å². The van der Waals surface area contributed by atoms with Gasteiger partial charge in [0.05, 0.1) is 25.7 Å². The largest absolute Gasteiger partial charge is 0.497 e. The van der Waals surface area contributed by atoms with E-state index >= 15 is 0 Å². The van der Waals surface area contributed by atoms with Crippen molar-refractivity contribution in [2.24, 2.45) is 0 Å². The molecule has 0 aliphatic rings. The first-order valence-electron chi connectivity index (χ1n) is 8.41. The monoisotopic (exact) mass is 395 g/mol. The summed E-state index contributed by atoms with van der Waals surface area (Å²) in [6.07, 6.45) is 1.65. The zero-order valence-corrected chi connectivity index (χ0v) is 16.1. The minimum Gasteiger partial charge on any atom is -0.497 e. The summed E-state index contributed by atoms with van der Waals surface area (Å²) in [6, 6.07) is 15.2. The van der Waals surface area contributed by atoms with E-state index in [0.29, 0.717) is 22.6 Å². The van der Waals surface area contributed by atoms with Crippen LogP contribution in [0.1, 0.15) is 5.89 Å². The fraction of sp³-hybridized carbons (Fsp3) is 0.158. The Hall–Kier alpha value is -3.33. The third kappa shape index (κ3) is 3.70. The van der Waals surface area contributed by atoms with Crippen LogP contribution in [0.5, 0.6) is 11.5 Å².